The van der Waals surface area contributed by atoms with Gasteiger partial charge in [0.15, 0.2) is 0 Å². The predicted molar refractivity (Wildman–Crippen MR) is 113 cm³/mol. The van der Waals surface area contributed by atoms with E-state index in [2.05, 4.69) is 22.8 Å². The van der Waals surface area contributed by atoms with Gasteiger partial charge in [-0.3, -0.25) is 15.1 Å². The van der Waals surface area contributed by atoms with Crippen molar-refractivity contribution in [2.75, 3.05) is 38.7 Å². The van der Waals surface area contributed by atoms with Crippen molar-refractivity contribution in [3.8, 4) is 0 Å². The maximum absolute atomic E-state index is 13.1. The number of nitrogens with one attached hydrogen (secondary N) is 2. The lowest BCUT2D eigenvalue weighted by Gasteiger charge is -2.30. The lowest BCUT2D eigenvalue weighted by Crippen LogP contribution is -2.55. The zero-order chi connectivity index (χ0) is 19.6. The van der Waals surface area contributed by atoms with Crippen LogP contribution in [0.1, 0.15) is 27.2 Å². The number of ether oxygens (including phenoxy) is 1. The number of para-hydroxylation sites is 1. The molecule has 2 aliphatic heterocycles. The second kappa shape index (κ2) is 8.03. The molecule has 1 aromatic heterocycles. The molecule has 2 aliphatic rings. The molecule has 7 heteroatoms. The number of likely N-dealkylation sites (tertiary alicyclic amines) is 1. The van der Waals surface area contributed by atoms with Gasteiger partial charge in [-0.15, -0.1) is 11.3 Å². The Morgan fingerprint density at radius 2 is 2.21 bits per heavy atom. The minimum atomic E-state index is -0.367. The summed E-state index contributed by atoms with van der Waals surface area (Å²) in [5.74, 6) is 1.01. The van der Waals surface area contributed by atoms with Crippen molar-refractivity contribution in [2.24, 2.45) is 4.99 Å². The van der Waals surface area contributed by atoms with Gasteiger partial charge in [0.1, 0.15) is 5.84 Å². The Bertz CT molecular complexity index is 894. The van der Waals surface area contributed by atoms with Crippen molar-refractivity contribution in [1.82, 2.24) is 10.2 Å². The van der Waals surface area contributed by atoms with Crippen molar-refractivity contribution in [1.29, 1.82) is 0 Å². The van der Waals surface area contributed by atoms with Gasteiger partial charge in [-0.05, 0) is 42.0 Å². The Balaban J connectivity index is 1.61. The molecule has 1 amide bonds. The SMILES string of the molecule is COCCN=C1Nc2ccccc2CNC12CCN(C(=O)c1sccc1C)C2. The molecule has 3 heterocycles. The van der Waals surface area contributed by atoms with E-state index in [1.165, 1.54) is 16.9 Å². The van der Waals surface area contributed by atoms with Crippen LogP contribution < -0.4 is 10.6 Å². The third-order valence-electron chi connectivity index (χ3n) is 5.52. The number of carbonyl (C=O) groups excluding carboxylic acids is 1. The summed E-state index contributed by atoms with van der Waals surface area (Å²) in [6, 6.07) is 10.3. The second-order valence-corrected chi connectivity index (χ2v) is 8.27. The molecule has 28 heavy (non-hydrogen) atoms. The summed E-state index contributed by atoms with van der Waals surface area (Å²) in [5.41, 5.74) is 2.96. The summed E-state index contributed by atoms with van der Waals surface area (Å²) in [5, 5.41) is 9.24. The monoisotopic (exact) mass is 398 g/mol. The second-order valence-electron chi connectivity index (χ2n) is 7.35. The molecule has 0 radical (unpaired) electrons. The number of methoxy groups -OCH3 is 1. The third kappa shape index (κ3) is 3.57. The van der Waals surface area contributed by atoms with E-state index in [9.17, 15) is 4.79 Å². The standard InChI is InChI=1S/C21H26N4O2S/c1-15-7-12-28-18(15)19(26)25-10-8-21(14-25)20(22-9-11-27-2)24-17-6-4-3-5-16(17)13-23-21/h3-7,12,23H,8-11,13-14H2,1-2H3,(H,22,24). The fourth-order valence-corrected chi connectivity index (χ4v) is 4.78. The van der Waals surface area contributed by atoms with Gasteiger partial charge >= 0.3 is 0 Å². The molecule has 1 spiro atoms. The van der Waals surface area contributed by atoms with Crippen LogP contribution in [-0.4, -0.2) is 55.5 Å². The van der Waals surface area contributed by atoms with Crippen LogP contribution in [0.5, 0.6) is 0 Å². The molecule has 1 atom stereocenters. The fourth-order valence-electron chi connectivity index (χ4n) is 3.89. The molecule has 1 aromatic carbocycles. The number of amides is 1. The normalized spacial score (nSPS) is 22.9. The average Bonchev–Trinajstić information content (AvgIpc) is 3.29. The quantitative estimate of drug-likeness (QED) is 0.778. The molecule has 0 saturated carbocycles. The van der Waals surface area contributed by atoms with E-state index in [1.54, 1.807) is 7.11 Å². The first kappa shape index (κ1) is 19.1. The van der Waals surface area contributed by atoms with E-state index in [4.69, 9.17) is 9.73 Å². The molecule has 0 bridgehead atoms. The Morgan fingerprint density at radius 3 is 3.00 bits per heavy atom. The summed E-state index contributed by atoms with van der Waals surface area (Å²) in [4.78, 5) is 20.7. The maximum atomic E-state index is 13.1. The van der Waals surface area contributed by atoms with E-state index in [0.29, 0.717) is 26.2 Å². The minimum absolute atomic E-state index is 0.115. The van der Waals surface area contributed by atoms with Crippen molar-refractivity contribution in [2.45, 2.75) is 25.4 Å². The van der Waals surface area contributed by atoms with Crippen LogP contribution in [0.25, 0.3) is 0 Å². The van der Waals surface area contributed by atoms with Gasteiger partial charge in [-0.2, -0.15) is 0 Å². The van der Waals surface area contributed by atoms with Crippen LogP contribution in [0.3, 0.4) is 0 Å². The highest BCUT2D eigenvalue weighted by molar-refractivity contribution is 7.12. The molecule has 1 unspecified atom stereocenters. The van der Waals surface area contributed by atoms with Crippen LogP contribution in [0.2, 0.25) is 0 Å². The number of carbonyl (C=O) groups is 1. The van der Waals surface area contributed by atoms with Crippen molar-refractivity contribution < 1.29 is 9.53 Å². The average molecular weight is 399 g/mol. The van der Waals surface area contributed by atoms with Crippen molar-refractivity contribution in [3.05, 3.63) is 51.7 Å². The van der Waals surface area contributed by atoms with Gasteiger partial charge < -0.3 is 15.0 Å². The molecular formula is C21H26N4O2S. The van der Waals surface area contributed by atoms with Gasteiger partial charge in [-0.25, -0.2) is 0 Å². The van der Waals surface area contributed by atoms with Crippen molar-refractivity contribution in [3.63, 3.8) is 0 Å². The Morgan fingerprint density at radius 1 is 1.36 bits per heavy atom. The molecule has 1 fully saturated rings. The maximum Gasteiger partial charge on any atom is 0.264 e. The number of aryl methyl sites for hydroxylation is 1. The molecular weight excluding hydrogens is 372 g/mol. The number of anilines is 1. The van der Waals surface area contributed by atoms with Gasteiger partial charge in [0.2, 0.25) is 0 Å². The van der Waals surface area contributed by atoms with E-state index < -0.39 is 0 Å². The van der Waals surface area contributed by atoms with E-state index in [0.717, 1.165) is 34.9 Å². The number of fused-ring (bicyclic) bond motifs is 1. The number of nitrogens with zero attached hydrogens (tertiary/aromatic N) is 2. The van der Waals surface area contributed by atoms with Crippen molar-refractivity contribution >= 4 is 28.8 Å². The number of thiophene rings is 1. The van der Waals surface area contributed by atoms with Gasteiger partial charge in [0.25, 0.3) is 5.91 Å². The topological polar surface area (TPSA) is 66.0 Å². The number of hydrogen-bond acceptors (Lipinski definition) is 5. The first-order valence-electron chi connectivity index (χ1n) is 9.60. The minimum Gasteiger partial charge on any atom is -0.383 e. The number of hydrogen-bond donors (Lipinski definition) is 2. The fraction of sp³-hybridized carbons (Fsp3) is 0.429. The summed E-state index contributed by atoms with van der Waals surface area (Å²) in [6.45, 7) is 5.21. The third-order valence-corrected chi connectivity index (χ3v) is 6.52. The lowest BCUT2D eigenvalue weighted by atomic mass is 9.96. The Hall–Kier alpha value is -2.22. The van der Waals surface area contributed by atoms with Gasteiger partial charge in [-0.1, -0.05) is 18.2 Å². The smallest absolute Gasteiger partial charge is 0.264 e. The van der Waals surface area contributed by atoms with E-state index in [-0.39, 0.29) is 11.4 Å². The number of benzene rings is 1. The molecule has 148 valence electrons. The summed E-state index contributed by atoms with van der Waals surface area (Å²) in [6.07, 6.45) is 0.829. The highest BCUT2D eigenvalue weighted by atomic mass is 32.1. The van der Waals surface area contributed by atoms with Gasteiger partial charge in [0, 0.05) is 32.4 Å². The Kier molecular flexibility index (Phi) is 5.48. The van der Waals surface area contributed by atoms with Gasteiger partial charge in [0.05, 0.1) is 23.6 Å². The summed E-state index contributed by atoms with van der Waals surface area (Å²) >= 11 is 1.52. The highest BCUT2D eigenvalue weighted by Gasteiger charge is 2.45. The lowest BCUT2D eigenvalue weighted by molar-refractivity contribution is 0.0790. The molecule has 1 saturated heterocycles. The van der Waals surface area contributed by atoms with Crippen LogP contribution in [-0.2, 0) is 11.3 Å². The molecule has 4 rings (SSSR count). The summed E-state index contributed by atoms with van der Waals surface area (Å²) < 4.78 is 5.19. The first-order valence-corrected chi connectivity index (χ1v) is 10.5. The summed E-state index contributed by atoms with van der Waals surface area (Å²) in [7, 11) is 1.68. The molecule has 6 nitrogen and oxygen atoms in total. The van der Waals surface area contributed by atoms with Crippen LogP contribution in [0, 0.1) is 6.92 Å². The number of aliphatic imine (C=N–C) groups is 1. The molecule has 2 N–H and O–H groups in total. The van der Waals surface area contributed by atoms with Crippen LogP contribution >= 0.6 is 11.3 Å². The first-order chi connectivity index (χ1) is 13.6. The Labute approximate surface area is 169 Å². The number of rotatable bonds is 4. The highest BCUT2D eigenvalue weighted by Crippen LogP contribution is 2.31. The number of amidine groups is 1. The zero-order valence-electron chi connectivity index (χ0n) is 16.3. The molecule has 0 aliphatic carbocycles. The van der Waals surface area contributed by atoms with E-state index >= 15 is 0 Å². The zero-order valence-corrected chi connectivity index (χ0v) is 17.1. The largest absolute Gasteiger partial charge is 0.383 e. The molecule has 2 aromatic rings. The predicted octanol–water partition coefficient (Wildman–Crippen LogP) is 2.90. The van der Waals surface area contributed by atoms with Crippen LogP contribution in [0.4, 0.5) is 5.69 Å². The van der Waals surface area contributed by atoms with E-state index in [1.807, 2.05) is 35.4 Å². The van der Waals surface area contributed by atoms with Crippen LogP contribution in [0.15, 0.2) is 40.7 Å².